The lowest BCUT2D eigenvalue weighted by Gasteiger charge is -2.36. The fourth-order valence-corrected chi connectivity index (χ4v) is 3.08. The quantitative estimate of drug-likeness (QED) is 0.662. The molecule has 1 aliphatic heterocycles. The van der Waals surface area contributed by atoms with Crippen molar-refractivity contribution in [3.63, 3.8) is 0 Å². The molecule has 2 aromatic heterocycles. The maximum absolute atomic E-state index is 11.9. The summed E-state index contributed by atoms with van der Waals surface area (Å²) in [5.74, 6) is -0.430. The lowest BCUT2D eigenvalue weighted by molar-refractivity contribution is 0.0958. The van der Waals surface area contributed by atoms with Crippen molar-refractivity contribution in [2.24, 2.45) is 0 Å². The van der Waals surface area contributed by atoms with Gasteiger partial charge in [-0.15, -0.1) is 0 Å². The van der Waals surface area contributed by atoms with E-state index in [9.17, 15) is 9.59 Å². The largest absolute Gasteiger partial charge is 0.432 e. The molecule has 0 aliphatic carbocycles. The van der Waals surface area contributed by atoms with Crippen LogP contribution in [0.1, 0.15) is 32.9 Å². The van der Waals surface area contributed by atoms with Crippen LogP contribution in [0.4, 0.5) is 16.5 Å². The molecular formula is C19H27N7O3. The molecular weight excluding hydrogens is 374 g/mol. The number of amides is 3. The zero-order chi connectivity index (χ0) is 23.3. The van der Waals surface area contributed by atoms with E-state index in [-0.39, 0.29) is 23.4 Å². The Bertz CT molecular complexity index is 956. The Morgan fingerprint density at radius 1 is 1.24 bits per heavy atom. The van der Waals surface area contributed by atoms with Gasteiger partial charge in [-0.25, -0.2) is 9.78 Å². The van der Waals surface area contributed by atoms with Crippen LogP contribution in [0.3, 0.4) is 0 Å². The molecule has 0 atom stereocenters. The SMILES string of the molecule is [2H]C([2H])([2H])c1nc(C(=O)NC)ccc1N1CCN(Cc2coc(NC(=O)NCC)n2)CC1. The van der Waals surface area contributed by atoms with Gasteiger partial charge in [0.15, 0.2) is 0 Å². The van der Waals surface area contributed by atoms with Crippen LogP contribution >= 0.6 is 0 Å². The van der Waals surface area contributed by atoms with Gasteiger partial charge in [-0.2, -0.15) is 4.98 Å². The normalized spacial score (nSPS) is 16.5. The summed E-state index contributed by atoms with van der Waals surface area (Å²) >= 11 is 0. The molecule has 2 aromatic rings. The van der Waals surface area contributed by atoms with Gasteiger partial charge in [0, 0.05) is 50.4 Å². The van der Waals surface area contributed by atoms with Crippen molar-refractivity contribution in [1.29, 1.82) is 0 Å². The molecule has 0 aromatic carbocycles. The van der Waals surface area contributed by atoms with Gasteiger partial charge < -0.3 is 20.0 Å². The first-order valence-corrected chi connectivity index (χ1v) is 9.41. The number of rotatable bonds is 6. The molecule has 0 bridgehead atoms. The van der Waals surface area contributed by atoms with Gasteiger partial charge in [0.05, 0.1) is 17.1 Å². The molecule has 3 rings (SSSR count). The van der Waals surface area contributed by atoms with Crippen LogP contribution in [0.25, 0.3) is 0 Å². The van der Waals surface area contributed by atoms with Crippen molar-refractivity contribution in [2.75, 3.05) is 50.0 Å². The molecule has 10 nitrogen and oxygen atoms in total. The Balaban J connectivity index is 1.63. The van der Waals surface area contributed by atoms with Crippen molar-refractivity contribution in [3.8, 4) is 0 Å². The summed E-state index contributed by atoms with van der Waals surface area (Å²) in [5, 5.41) is 7.58. The number of piperazine rings is 1. The number of urea groups is 1. The summed E-state index contributed by atoms with van der Waals surface area (Å²) in [4.78, 5) is 35.9. The van der Waals surface area contributed by atoms with Gasteiger partial charge in [0.1, 0.15) is 12.0 Å². The lowest BCUT2D eigenvalue weighted by atomic mass is 10.2. The van der Waals surface area contributed by atoms with Crippen molar-refractivity contribution >= 4 is 23.6 Å². The van der Waals surface area contributed by atoms with Crippen LogP contribution in [-0.2, 0) is 6.54 Å². The minimum Gasteiger partial charge on any atom is -0.432 e. The molecule has 3 N–H and O–H groups in total. The second-order valence-electron chi connectivity index (χ2n) is 6.53. The average molecular weight is 404 g/mol. The number of nitrogens with zero attached hydrogens (tertiary/aromatic N) is 4. The molecule has 1 saturated heterocycles. The zero-order valence-electron chi connectivity index (χ0n) is 19.5. The number of hydrogen-bond donors (Lipinski definition) is 3. The Morgan fingerprint density at radius 2 is 2.03 bits per heavy atom. The smallest absolute Gasteiger partial charge is 0.322 e. The summed E-state index contributed by atoms with van der Waals surface area (Å²) in [6.07, 6.45) is 1.50. The van der Waals surface area contributed by atoms with Gasteiger partial charge >= 0.3 is 12.0 Å². The predicted molar refractivity (Wildman–Crippen MR) is 109 cm³/mol. The first-order chi connectivity index (χ1) is 15.2. The first kappa shape index (κ1) is 16.8. The fourth-order valence-electron chi connectivity index (χ4n) is 3.08. The Kier molecular flexibility index (Phi) is 5.42. The van der Waals surface area contributed by atoms with Crippen LogP contribution in [0.15, 0.2) is 22.8 Å². The van der Waals surface area contributed by atoms with Crippen LogP contribution in [0.2, 0.25) is 0 Å². The number of aromatic nitrogens is 2. The average Bonchev–Trinajstić information content (AvgIpc) is 3.19. The summed E-state index contributed by atoms with van der Waals surface area (Å²) in [7, 11) is 1.47. The minimum absolute atomic E-state index is 0.0732. The van der Waals surface area contributed by atoms with E-state index in [1.54, 1.807) is 6.07 Å². The number of nitrogens with one attached hydrogen (secondary N) is 3. The van der Waals surface area contributed by atoms with E-state index in [0.29, 0.717) is 50.6 Å². The number of carbonyl (C=O) groups excluding carboxylic acids is 2. The van der Waals surface area contributed by atoms with Gasteiger partial charge in [0.25, 0.3) is 5.91 Å². The molecule has 10 heteroatoms. The number of carbonyl (C=O) groups is 2. The highest BCUT2D eigenvalue weighted by Gasteiger charge is 2.21. The highest BCUT2D eigenvalue weighted by atomic mass is 16.4. The van der Waals surface area contributed by atoms with Gasteiger partial charge in [-0.3, -0.25) is 15.0 Å². The van der Waals surface area contributed by atoms with Crippen molar-refractivity contribution in [1.82, 2.24) is 25.5 Å². The molecule has 29 heavy (non-hydrogen) atoms. The summed E-state index contributed by atoms with van der Waals surface area (Å²) in [6.45, 7) is 2.93. The Labute approximate surface area is 173 Å². The third kappa shape index (κ3) is 5.23. The van der Waals surface area contributed by atoms with Gasteiger partial charge in [-0.05, 0) is 25.9 Å². The van der Waals surface area contributed by atoms with Crippen molar-refractivity contribution in [2.45, 2.75) is 20.3 Å². The standard InChI is InChI=1S/C19H27N7O3/c1-4-21-18(28)24-19-23-14(12-29-19)11-25-7-9-26(10-8-25)16-6-5-15(17(27)20-3)22-13(16)2/h5-6,12H,4,7-11H2,1-3H3,(H,20,27)(H2,21,23,24,28)/i2D3. The number of aryl methyl sites for hydroxylation is 1. The Morgan fingerprint density at radius 3 is 2.72 bits per heavy atom. The molecule has 0 saturated carbocycles. The van der Waals surface area contributed by atoms with Crippen LogP contribution in [0.5, 0.6) is 0 Å². The zero-order valence-corrected chi connectivity index (χ0v) is 16.5. The first-order valence-electron chi connectivity index (χ1n) is 10.9. The minimum atomic E-state index is -2.44. The maximum Gasteiger partial charge on any atom is 0.322 e. The van der Waals surface area contributed by atoms with E-state index in [2.05, 4.69) is 30.8 Å². The van der Waals surface area contributed by atoms with E-state index in [0.717, 1.165) is 0 Å². The second-order valence-corrected chi connectivity index (χ2v) is 6.53. The molecule has 1 fully saturated rings. The molecule has 156 valence electrons. The van der Waals surface area contributed by atoms with E-state index in [1.165, 1.54) is 19.4 Å². The van der Waals surface area contributed by atoms with Crippen LogP contribution < -0.4 is 20.9 Å². The fraction of sp³-hybridized carbons (Fsp3) is 0.474. The highest BCUT2D eigenvalue weighted by molar-refractivity contribution is 5.92. The highest BCUT2D eigenvalue weighted by Crippen LogP contribution is 2.21. The second kappa shape index (κ2) is 9.37. The summed E-state index contributed by atoms with van der Waals surface area (Å²) < 4.78 is 28.8. The number of oxazole rings is 1. The number of anilines is 2. The third-order valence-corrected chi connectivity index (χ3v) is 4.54. The van der Waals surface area contributed by atoms with Crippen molar-refractivity contribution < 1.29 is 18.1 Å². The Hall–Kier alpha value is -3.14. The number of hydrogen-bond acceptors (Lipinski definition) is 7. The molecule has 3 heterocycles. The van der Waals surface area contributed by atoms with Crippen LogP contribution in [-0.4, -0.2) is 66.6 Å². The molecule has 0 radical (unpaired) electrons. The molecule has 3 amide bonds. The van der Waals surface area contributed by atoms with E-state index >= 15 is 0 Å². The van der Waals surface area contributed by atoms with Crippen molar-refractivity contribution in [3.05, 3.63) is 35.5 Å². The van der Waals surface area contributed by atoms with Crippen LogP contribution in [0, 0.1) is 6.85 Å². The summed E-state index contributed by atoms with van der Waals surface area (Å²) in [5.41, 5.74) is 1.19. The van der Waals surface area contributed by atoms with E-state index in [1.807, 2.05) is 11.8 Å². The van der Waals surface area contributed by atoms with E-state index < -0.39 is 12.8 Å². The lowest BCUT2D eigenvalue weighted by Crippen LogP contribution is -2.46. The molecule has 0 spiro atoms. The third-order valence-electron chi connectivity index (χ3n) is 4.54. The topological polar surface area (TPSA) is 116 Å². The number of pyridine rings is 1. The monoisotopic (exact) mass is 404 g/mol. The summed E-state index contributed by atoms with van der Waals surface area (Å²) in [6, 6.07) is 2.94. The molecule has 0 unspecified atom stereocenters. The van der Waals surface area contributed by atoms with E-state index in [4.69, 9.17) is 8.53 Å². The van der Waals surface area contributed by atoms with Gasteiger partial charge in [0.2, 0.25) is 0 Å². The maximum atomic E-state index is 11.9. The molecule has 1 aliphatic rings. The predicted octanol–water partition coefficient (Wildman–Crippen LogP) is 1.20. The van der Waals surface area contributed by atoms with Gasteiger partial charge in [-0.1, -0.05) is 0 Å².